The molecule has 0 aliphatic carbocycles. The lowest BCUT2D eigenvalue weighted by molar-refractivity contribution is 0.415. The van der Waals surface area contributed by atoms with E-state index in [0.717, 1.165) is 38.5 Å². The van der Waals surface area contributed by atoms with E-state index in [1.807, 2.05) is 42.5 Å². The molecule has 0 amide bonds. The second-order valence-electron chi connectivity index (χ2n) is 7.56. The minimum absolute atomic E-state index is 0.669. The number of rotatable bonds is 6. The van der Waals surface area contributed by atoms with Gasteiger partial charge in [0.1, 0.15) is 17.2 Å². The minimum Gasteiger partial charge on any atom is -0.497 e. The van der Waals surface area contributed by atoms with Crippen molar-refractivity contribution in [3.63, 3.8) is 0 Å². The quantitative estimate of drug-likeness (QED) is 0.312. The maximum atomic E-state index is 5.47. The lowest BCUT2D eigenvalue weighted by Gasteiger charge is -2.12. The zero-order valence-electron chi connectivity index (χ0n) is 18.1. The molecule has 0 N–H and O–H groups in total. The molecule has 0 unspecified atom stereocenters. The SMILES string of the molecule is COc1cccc(-c2nn(Cc3cc(C)ccc3C)c(-c3cccc(OC)c3)c2Br)c1. The van der Waals surface area contributed by atoms with Crippen LogP contribution in [0.1, 0.15) is 16.7 Å². The third-order valence-electron chi connectivity index (χ3n) is 5.41. The van der Waals surface area contributed by atoms with Crippen molar-refractivity contribution in [2.45, 2.75) is 20.4 Å². The first-order valence-electron chi connectivity index (χ1n) is 10.1. The fourth-order valence-electron chi connectivity index (χ4n) is 3.69. The number of benzene rings is 3. The van der Waals surface area contributed by atoms with Gasteiger partial charge in [0.2, 0.25) is 0 Å². The molecule has 0 radical (unpaired) electrons. The Balaban J connectivity index is 1.90. The molecule has 0 aliphatic heterocycles. The highest BCUT2D eigenvalue weighted by molar-refractivity contribution is 9.10. The van der Waals surface area contributed by atoms with Crippen LogP contribution in [0.2, 0.25) is 0 Å². The molecular formula is C26H25BrN2O2. The molecular weight excluding hydrogens is 452 g/mol. The fraction of sp³-hybridized carbons (Fsp3) is 0.192. The topological polar surface area (TPSA) is 36.3 Å². The highest BCUT2D eigenvalue weighted by atomic mass is 79.9. The lowest BCUT2D eigenvalue weighted by atomic mass is 10.1. The van der Waals surface area contributed by atoms with E-state index in [4.69, 9.17) is 14.6 Å². The smallest absolute Gasteiger partial charge is 0.119 e. The molecule has 5 heteroatoms. The normalized spacial score (nSPS) is 10.9. The molecule has 158 valence electrons. The predicted octanol–water partition coefficient (Wildman–Crippen LogP) is 6.66. The van der Waals surface area contributed by atoms with Gasteiger partial charge in [0.05, 0.1) is 30.9 Å². The molecule has 1 heterocycles. The Morgan fingerprint density at radius 1 is 0.839 bits per heavy atom. The average molecular weight is 477 g/mol. The van der Waals surface area contributed by atoms with Crippen LogP contribution in [0.5, 0.6) is 11.5 Å². The summed E-state index contributed by atoms with van der Waals surface area (Å²) in [4.78, 5) is 0. The molecule has 0 bridgehead atoms. The fourth-order valence-corrected chi connectivity index (χ4v) is 4.43. The summed E-state index contributed by atoms with van der Waals surface area (Å²) < 4.78 is 13.9. The van der Waals surface area contributed by atoms with Crippen molar-refractivity contribution >= 4 is 15.9 Å². The van der Waals surface area contributed by atoms with Crippen LogP contribution in [0, 0.1) is 13.8 Å². The molecule has 4 nitrogen and oxygen atoms in total. The van der Waals surface area contributed by atoms with Gasteiger partial charge in [0.25, 0.3) is 0 Å². The standard InChI is InChI=1S/C26H25BrN2O2/c1-17-11-12-18(2)21(13-17)16-29-26(20-8-6-10-23(15-20)31-4)24(27)25(28-29)19-7-5-9-22(14-19)30-3/h5-15H,16H2,1-4H3. The van der Waals surface area contributed by atoms with Gasteiger partial charge >= 0.3 is 0 Å². The van der Waals surface area contributed by atoms with E-state index < -0.39 is 0 Å². The number of hydrogen-bond acceptors (Lipinski definition) is 3. The van der Waals surface area contributed by atoms with Crippen LogP contribution in [0.3, 0.4) is 0 Å². The van der Waals surface area contributed by atoms with Crippen LogP contribution in [0.15, 0.2) is 71.2 Å². The first-order chi connectivity index (χ1) is 15.0. The molecule has 0 saturated heterocycles. The summed E-state index contributed by atoms with van der Waals surface area (Å²) in [5.41, 5.74) is 7.66. The van der Waals surface area contributed by atoms with E-state index in [-0.39, 0.29) is 0 Å². The van der Waals surface area contributed by atoms with Gasteiger partial charge in [0.15, 0.2) is 0 Å². The van der Waals surface area contributed by atoms with Crippen LogP contribution >= 0.6 is 15.9 Å². The van der Waals surface area contributed by atoms with Crippen LogP contribution in [0.25, 0.3) is 22.5 Å². The van der Waals surface area contributed by atoms with Gasteiger partial charge < -0.3 is 9.47 Å². The Hall–Kier alpha value is -3.05. The van der Waals surface area contributed by atoms with E-state index in [1.54, 1.807) is 14.2 Å². The van der Waals surface area contributed by atoms with Gasteiger partial charge in [-0.15, -0.1) is 0 Å². The van der Waals surface area contributed by atoms with Crippen LogP contribution in [-0.2, 0) is 6.54 Å². The number of nitrogens with zero attached hydrogens (tertiary/aromatic N) is 2. The number of aryl methyl sites for hydroxylation is 2. The third-order valence-corrected chi connectivity index (χ3v) is 6.16. The number of hydrogen-bond donors (Lipinski definition) is 0. The van der Waals surface area contributed by atoms with Gasteiger partial charge in [-0.25, -0.2) is 0 Å². The van der Waals surface area contributed by atoms with Gasteiger partial charge in [-0.2, -0.15) is 5.10 Å². The first-order valence-corrected chi connectivity index (χ1v) is 10.9. The van der Waals surface area contributed by atoms with Crippen molar-refractivity contribution in [2.24, 2.45) is 0 Å². The summed E-state index contributed by atoms with van der Waals surface area (Å²) in [5.74, 6) is 1.61. The molecule has 3 aromatic carbocycles. The molecule has 31 heavy (non-hydrogen) atoms. The Morgan fingerprint density at radius 2 is 1.48 bits per heavy atom. The summed E-state index contributed by atoms with van der Waals surface area (Å²) in [5, 5.41) is 5.03. The minimum atomic E-state index is 0.669. The highest BCUT2D eigenvalue weighted by Crippen LogP contribution is 2.39. The third kappa shape index (κ3) is 4.37. The molecule has 0 atom stereocenters. The highest BCUT2D eigenvalue weighted by Gasteiger charge is 2.20. The molecule has 0 spiro atoms. The van der Waals surface area contributed by atoms with Crippen molar-refractivity contribution in [1.29, 1.82) is 0 Å². The molecule has 1 aromatic heterocycles. The van der Waals surface area contributed by atoms with Crippen molar-refractivity contribution in [3.05, 3.63) is 87.9 Å². The number of ether oxygens (including phenoxy) is 2. The maximum Gasteiger partial charge on any atom is 0.119 e. The number of aromatic nitrogens is 2. The maximum absolute atomic E-state index is 5.47. The zero-order valence-corrected chi connectivity index (χ0v) is 19.7. The van der Waals surface area contributed by atoms with Crippen molar-refractivity contribution < 1.29 is 9.47 Å². The van der Waals surface area contributed by atoms with Crippen LogP contribution < -0.4 is 9.47 Å². The van der Waals surface area contributed by atoms with E-state index in [9.17, 15) is 0 Å². The van der Waals surface area contributed by atoms with Gasteiger partial charge in [0, 0.05) is 11.1 Å². The summed E-state index contributed by atoms with van der Waals surface area (Å²) in [6.45, 7) is 4.93. The van der Waals surface area contributed by atoms with E-state index >= 15 is 0 Å². The largest absolute Gasteiger partial charge is 0.497 e. The molecule has 0 saturated carbocycles. The van der Waals surface area contributed by atoms with Crippen molar-refractivity contribution in [1.82, 2.24) is 9.78 Å². The summed E-state index contributed by atoms with van der Waals surface area (Å²) >= 11 is 3.85. The second-order valence-corrected chi connectivity index (χ2v) is 8.36. The van der Waals surface area contributed by atoms with Crippen LogP contribution in [-0.4, -0.2) is 24.0 Å². The molecule has 4 aromatic rings. The Morgan fingerprint density at radius 3 is 2.16 bits per heavy atom. The summed E-state index contributed by atoms with van der Waals surface area (Å²) in [7, 11) is 3.36. The van der Waals surface area contributed by atoms with Crippen LogP contribution in [0.4, 0.5) is 0 Å². The zero-order chi connectivity index (χ0) is 22.0. The van der Waals surface area contributed by atoms with Gasteiger partial charge in [-0.1, -0.05) is 48.0 Å². The Kier molecular flexibility index (Phi) is 6.14. The summed E-state index contributed by atoms with van der Waals surface area (Å²) in [6.07, 6.45) is 0. The van der Waals surface area contributed by atoms with Gasteiger partial charge in [-0.3, -0.25) is 4.68 Å². The second kappa shape index (κ2) is 8.98. The van der Waals surface area contributed by atoms with Gasteiger partial charge in [-0.05, 0) is 65.2 Å². The monoisotopic (exact) mass is 476 g/mol. The molecule has 4 rings (SSSR count). The summed E-state index contributed by atoms with van der Waals surface area (Å²) in [6, 6.07) is 22.6. The number of halogens is 1. The Labute approximate surface area is 191 Å². The average Bonchev–Trinajstić information content (AvgIpc) is 3.12. The van der Waals surface area contributed by atoms with E-state index in [0.29, 0.717) is 6.54 Å². The van der Waals surface area contributed by atoms with E-state index in [2.05, 4.69) is 58.7 Å². The number of methoxy groups -OCH3 is 2. The Bertz CT molecular complexity index is 1230. The molecule has 0 aliphatic rings. The van der Waals surface area contributed by atoms with Crippen molar-refractivity contribution in [2.75, 3.05) is 14.2 Å². The molecule has 0 fully saturated rings. The first kappa shape index (κ1) is 21.2. The van der Waals surface area contributed by atoms with E-state index in [1.165, 1.54) is 16.7 Å². The predicted molar refractivity (Wildman–Crippen MR) is 129 cm³/mol. The lowest BCUT2D eigenvalue weighted by Crippen LogP contribution is -2.06. The van der Waals surface area contributed by atoms with Crippen molar-refractivity contribution in [3.8, 4) is 34.0 Å².